The van der Waals surface area contributed by atoms with Crippen molar-refractivity contribution in [2.45, 2.75) is 0 Å². The van der Waals surface area contributed by atoms with Crippen LogP contribution in [-0.2, 0) is 19.5 Å². The van der Waals surface area contributed by atoms with Crippen LogP contribution in [0.2, 0.25) is 0 Å². The monoisotopic (exact) mass is 252 g/mol. The van der Waals surface area contributed by atoms with Gasteiger partial charge in [0.1, 0.15) is 0 Å². The summed E-state index contributed by atoms with van der Waals surface area (Å²) in [6, 6.07) is 6.42. The largest absolute Gasteiger partial charge is 2.00 e. The Morgan fingerprint density at radius 1 is 1.20 bits per heavy atom. The van der Waals surface area contributed by atoms with E-state index in [1.54, 1.807) is 18.2 Å². The minimum absolute atomic E-state index is 0. The van der Waals surface area contributed by atoms with Crippen molar-refractivity contribution in [2.24, 2.45) is 0 Å². The average Bonchev–Trinajstić information content (AvgIpc) is 1.77. The summed E-state index contributed by atoms with van der Waals surface area (Å²) >= 11 is 0. The molecule has 3 heteroatoms. The van der Waals surface area contributed by atoms with Gasteiger partial charge in [-0.2, -0.15) is 18.6 Å². The molecule has 0 saturated heterocycles. The Morgan fingerprint density at radius 2 is 1.70 bits per heavy atom. The maximum absolute atomic E-state index is 12.3. The Balaban J connectivity index is 0. The van der Waals surface area contributed by atoms with E-state index in [9.17, 15) is 4.39 Å². The van der Waals surface area contributed by atoms with Crippen LogP contribution in [0.4, 0.5) is 4.39 Å². The molecular formula is C7H6BrFZn. The SMILES string of the molecule is [Br-].[CH2-]c1ccccc1F.[Zn+2]. The summed E-state index contributed by atoms with van der Waals surface area (Å²) in [4.78, 5) is 0. The number of rotatable bonds is 0. The third-order valence-corrected chi connectivity index (χ3v) is 0.958. The summed E-state index contributed by atoms with van der Waals surface area (Å²) in [5, 5.41) is 0. The zero-order valence-corrected chi connectivity index (χ0v) is 10.0. The molecule has 0 aliphatic rings. The molecular weight excluding hydrogens is 248 g/mol. The molecule has 0 aromatic heterocycles. The zero-order valence-electron chi connectivity index (χ0n) is 5.48. The Morgan fingerprint density at radius 3 is 2.00 bits per heavy atom. The molecule has 0 spiro atoms. The van der Waals surface area contributed by atoms with Crippen molar-refractivity contribution in [3.8, 4) is 0 Å². The maximum Gasteiger partial charge on any atom is 2.00 e. The molecule has 0 nitrogen and oxygen atoms in total. The van der Waals surface area contributed by atoms with Gasteiger partial charge < -0.3 is 17.0 Å². The molecule has 0 amide bonds. The van der Waals surface area contributed by atoms with Gasteiger partial charge in [0.2, 0.25) is 0 Å². The van der Waals surface area contributed by atoms with E-state index in [0.29, 0.717) is 5.56 Å². The molecule has 0 aliphatic heterocycles. The van der Waals surface area contributed by atoms with Gasteiger partial charge in [-0.3, -0.25) is 4.39 Å². The first-order valence-corrected chi connectivity index (χ1v) is 2.37. The fourth-order valence-corrected chi connectivity index (χ4v) is 0.498. The van der Waals surface area contributed by atoms with E-state index in [4.69, 9.17) is 0 Å². The van der Waals surface area contributed by atoms with Crippen LogP contribution < -0.4 is 17.0 Å². The summed E-state index contributed by atoms with van der Waals surface area (Å²) in [6.45, 7) is 3.45. The van der Waals surface area contributed by atoms with Crippen LogP contribution in [-0.4, -0.2) is 0 Å². The molecule has 0 saturated carbocycles. The smallest absolute Gasteiger partial charge is 1.00 e. The maximum atomic E-state index is 12.3. The second-order valence-electron chi connectivity index (χ2n) is 1.59. The summed E-state index contributed by atoms with van der Waals surface area (Å²) in [6.07, 6.45) is 0. The van der Waals surface area contributed by atoms with Gasteiger partial charge in [-0.25, -0.2) is 0 Å². The van der Waals surface area contributed by atoms with Crippen LogP contribution >= 0.6 is 0 Å². The van der Waals surface area contributed by atoms with Gasteiger partial charge in [-0.15, -0.1) is 6.07 Å². The van der Waals surface area contributed by atoms with E-state index in [1.165, 1.54) is 6.07 Å². The molecule has 0 unspecified atom stereocenters. The number of halogens is 2. The van der Waals surface area contributed by atoms with Crippen molar-refractivity contribution in [3.05, 3.63) is 42.6 Å². The molecule has 1 aromatic carbocycles. The topological polar surface area (TPSA) is 0 Å². The third kappa shape index (κ3) is 3.33. The average molecular weight is 254 g/mol. The van der Waals surface area contributed by atoms with Gasteiger partial charge in [0.05, 0.1) is 0 Å². The molecule has 0 fully saturated rings. The molecule has 0 radical (unpaired) electrons. The van der Waals surface area contributed by atoms with E-state index in [0.717, 1.165) is 0 Å². The predicted molar refractivity (Wildman–Crippen MR) is 30.9 cm³/mol. The molecule has 0 aliphatic carbocycles. The van der Waals surface area contributed by atoms with Crippen LogP contribution in [0, 0.1) is 12.7 Å². The number of hydrogen-bond acceptors (Lipinski definition) is 0. The van der Waals surface area contributed by atoms with E-state index in [2.05, 4.69) is 6.92 Å². The molecule has 0 bridgehead atoms. The Labute approximate surface area is 83.4 Å². The first-order chi connectivity index (χ1) is 3.80. The van der Waals surface area contributed by atoms with E-state index in [1.807, 2.05) is 0 Å². The summed E-state index contributed by atoms with van der Waals surface area (Å²) in [5.74, 6) is -0.243. The molecule has 1 aromatic rings. The Hall–Kier alpha value is 0.123. The first-order valence-electron chi connectivity index (χ1n) is 2.37. The first kappa shape index (κ1) is 12.8. The molecule has 0 heterocycles. The van der Waals surface area contributed by atoms with E-state index in [-0.39, 0.29) is 42.3 Å². The van der Waals surface area contributed by atoms with Gasteiger partial charge in [-0.05, 0) is 0 Å². The van der Waals surface area contributed by atoms with Crippen molar-refractivity contribution in [1.82, 2.24) is 0 Å². The van der Waals surface area contributed by atoms with Crippen molar-refractivity contribution in [3.63, 3.8) is 0 Å². The van der Waals surface area contributed by atoms with Gasteiger partial charge in [0.15, 0.2) is 0 Å². The van der Waals surface area contributed by atoms with Crippen LogP contribution in [0.25, 0.3) is 0 Å². The second kappa shape index (κ2) is 5.87. The molecule has 50 valence electrons. The normalized spacial score (nSPS) is 7.30. The van der Waals surface area contributed by atoms with Crippen molar-refractivity contribution in [2.75, 3.05) is 0 Å². The standard InChI is InChI=1S/C7H6F.BrH.Zn/c1-6-4-2-3-5-7(6)8;;/h2-5H,1H2;1H;/q-1;;+2/p-1. The van der Waals surface area contributed by atoms with Crippen molar-refractivity contribution >= 4 is 0 Å². The van der Waals surface area contributed by atoms with Gasteiger partial charge in [0, 0.05) is 5.82 Å². The van der Waals surface area contributed by atoms with Crippen LogP contribution in [0.3, 0.4) is 0 Å². The number of hydrogen-bond donors (Lipinski definition) is 0. The van der Waals surface area contributed by atoms with Crippen molar-refractivity contribution < 1.29 is 40.8 Å². The zero-order chi connectivity index (χ0) is 5.98. The molecule has 0 N–H and O–H groups in total. The van der Waals surface area contributed by atoms with E-state index >= 15 is 0 Å². The second-order valence-corrected chi connectivity index (χ2v) is 1.59. The molecule has 1 rings (SSSR count). The molecule has 10 heavy (non-hydrogen) atoms. The van der Waals surface area contributed by atoms with Crippen LogP contribution in [0.15, 0.2) is 24.3 Å². The quantitative estimate of drug-likeness (QED) is 0.412. The van der Waals surface area contributed by atoms with Crippen molar-refractivity contribution in [1.29, 1.82) is 0 Å². The Kier molecular flexibility index (Phi) is 7.50. The summed E-state index contributed by atoms with van der Waals surface area (Å²) < 4.78 is 12.3. The molecule has 0 atom stereocenters. The summed E-state index contributed by atoms with van der Waals surface area (Å²) in [5.41, 5.74) is 0.451. The predicted octanol–water partition coefficient (Wildman–Crippen LogP) is -0.991. The fraction of sp³-hybridized carbons (Fsp3) is 0. The summed E-state index contributed by atoms with van der Waals surface area (Å²) in [7, 11) is 0. The van der Waals surface area contributed by atoms with Gasteiger partial charge >= 0.3 is 19.5 Å². The third-order valence-electron chi connectivity index (χ3n) is 0.958. The number of benzene rings is 1. The van der Waals surface area contributed by atoms with Gasteiger partial charge in [0.25, 0.3) is 0 Å². The minimum atomic E-state index is -0.243. The van der Waals surface area contributed by atoms with E-state index < -0.39 is 0 Å². The van der Waals surface area contributed by atoms with Crippen LogP contribution in [0.1, 0.15) is 5.56 Å². The van der Waals surface area contributed by atoms with Gasteiger partial charge in [-0.1, -0.05) is 12.1 Å². The Bertz CT molecular complexity index is 170. The van der Waals surface area contributed by atoms with Crippen LogP contribution in [0.5, 0.6) is 0 Å². The minimum Gasteiger partial charge on any atom is -1.00 e. The fourth-order valence-electron chi connectivity index (χ4n) is 0.498.